The van der Waals surface area contributed by atoms with Crippen LogP contribution in [0.2, 0.25) is 5.02 Å². The first kappa shape index (κ1) is 21.6. The monoisotopic (exact) mass is 429 g/mol. The Morgan fingerprint density at radius 1 is 1.32 bits per heavy atom. The molecule has 150 valence electrons. The van der Waals surface area contributed by atoms with Gasteiger partial charge in [0.25, 0.3) is 5.69 Å². The Kier molecular flexibility index (Phi) is 6.57. The maximum atomic E-state index is 13.5. The summed E-state index contributed by atoms with van der Waals surface area (Å²) in [7, 11) is -3.93. The highest BCUT2D eigenvalue weighted by molar-refractivity contribution is 7.92. The number of nitrogens with zero attached hydrogens (tertiary/aromatic N) is 2. The Bertz CT molecular complexity index is 1020. The predicted octanol–water partition coefficient (Wildman–Crippen LogP) is 3.57. The van der Waals surface area contributed by atoms with Crippen molar-refractivity contribution in [3.05, 3.63) is 63.4 Å². The molecular formula is C17H17ClFN3O5S. The summed E-state index contributed by atoms with van der Waals surface area (Å²) >= 11 is 5.75. The largest absolute Gasteiger partial charge is 0.324 e. The van der Waals surface area contributed by atoms with Crippen molar-refractivity contribution in [3.8, 4) is 0 Å². The van der Waals surface area contributed by atoms with Crippen LogP contribution in [-0.4, -0.2) is 31.5 Å². The summed E-state index contributed by atoms with van der Waals surface area (Å²) in [5.74, 6) is -1.43. The number of hydrogen-bond acceptors (Lipinski definition) is 5. The van der Waals surface area contributed by atoms with Gasteiger partial charge in [-0.05, 0) is 30.7 Å². The minimum Gasteiger partial charge on any atom is -0.324 e. The van der Waals surface area contributed by atoms with Crippen LogP contribution < -0.4 is 9.62 Å². The van der Waals surface area contributed by atoms with Crippen molar-refractivity contribution in [2.24, 2.45) is 0 Å². The molecule has 2 rings (SSSR count). The number of carbonyl (C=O) groups excluding carboxylic acids is 1. The molecule has 0 saturated heterocycles. The van der Waals surface area contributed by atoms with Crippen molar-refractivity contribution >= 4 is 44.6 Å². The first-order valence-corrected chi connectivity index (χ1v) is 10.3. The SMILES string of the molecule is CC[C@@H](C(=O)Nc1cccc([N+](=O)[O-])c1)N(c1ccc(F)c(Cl)c1)S(C)(=O)=O. The van der Waals surface area contributed by atoms with Crippen molar-refractivity contribution in [2.45, 2.75) is 19.4 Å². The number of hydrogen-bond donors (Lipinski definition) is 1. The summed E-state index contributed by atoms with van der Waals surface area (Å²) < 4.78 is 39.0. The third-order valence-corrected chi connectivity index (χ3v) is 5.28. The number of nitro groups is 1. The average Bonchev–Trinajstić information content (AvgIpc) is 2.61. The average molecular weight is 430 g/mol. The van der Waals surface area contributed by atoms with E-state index < -0.39 is 32.7 Å². The Morgan fingerprint density at radius 3 is 2.54 bits per heavy atom. The highest BCUT2D eigenvalue weighted by Crippen LogP contribution is 2.28. The number of anilines is 2. The number of amides is 1. The number of rotatable bonds is 7. The van der Waals surface area contributed by atoms with Crippen molar-refractivity contribution in [2.75, 3.05) is 15.9 Å². The van der Waals surface area contributed by atoms with Crippen LogP contribution in [0, 0.1) is 15.9 Å². The molecular weight excluding hydrogens is 413 g/mol. The van der Waals surface area contributed by atoms with Crippen molar-refractivity contribution < 1.29 is 22.5 Å². The fraction of sp³-hybridized carbons (Fsp3) is 0.235. The number of nitro benzene ring substituents is 1. The van der Waals surface area contributed by atoms with Crippen LogP contribution in [0.5, 0.6) is 0 Å². The summed E-state index contributed by atoms with van der Waals surface area (Å²) in [6.45, 7) is 1.60. The first-order valence-electron chi connectivity index (χ1n) is 8.04. The summed E-state index contributed by atoms with van der Waals surface area (Å²) in [6.07, 6.45) is 0.996. The van der Waals surface area contributed by atoms with Gasteiger partial charge in [0.15, 0.2) is 0 Å². The van der Waals surface area contributed by atoms with Gasteiger partial charge in [0.2, 0.25) is 15.9 Å². The van der Waals surface area contributed by atoms with Gasteiger partial charge in [-0.1, -0.05) is 24.6 Å². The topological polar surface area (TPSA) is 110 Å². The van der Waals surface area contributed by atoms with Crippen LogP contribution in [0.25, 0.3) is 0 Å². The standard InChI is InChI=1S/C17H17ClFN3O5S/c1-3-16(17(23)20-11-5-4-6-13(9-11)22(24)25)21(28(2,26)27)12-7-8-15(19)14(18)10-12/h4-10,16H,3H2,1-2H3,(H,20,23)/t16-/m0/s1. The number of halogens is 2. The Labute approximate surface area is 166 Å². The van der Waals surface area contributed by atoms with Crippen molar-refractivity contribution in [1.82, 2.24) is 0 Å². The summed E-state index contributed by atoms with van der Waals surface area (Å²) in [6, 6.07) is 7.38. The van der Waals surface area contributed by atoms with E-state index in [9.17, 15) is 27.7 Å². The predicted molar refractivity (Wildman–Crippen MR) is 105 cm³/mol. The molecule has 0 aliphatic heterocycles. The second kappa shape index (κ2) is 8.53. The van der Waals surface area contributed by atoms with Crippen molar-refractivity contribution in [1.29, 1.82) is 0 Å². The van der Waals surface area contributed by atoms with Gasteiger partial charge in [-0.15, -0.1) is 0 Å². The van der Waals surface area contributed by atoms with Crippen LogP contribution in [-0.2, 0) is 14.8 Å². The smallest absolute Gasteiger partial charge is 0.271 e. The lowest BCUT2D eigenvalue weighted by Gasteiger charge is -2.30. The van der Waals surface area contributed by atoms with Gasteiger partial charge >= 0.3 is 0 Å². The molecule has 1 N–H and O–H groups in total. The number of nitrogens with one attached hydrogen (secondary N) is 1. The maximum Gasteiger partial charge on any atom is 0.271 e. The van der Waals surface area contributed by atoms with Gasteiger partial charge in [0.05, 0.1) is 21.9 Å². The molecule has 0 unspecified atom stereocenters. The molecule has 1 atom stereocenters. The van der Waals surface area contributed by atoms with E-state index in [2.05, 4.69) is 5.32 Å². The highest BCUT2D eigenvalue weighted by Gasteiger charge is 2.32. The molecule has 8 nitrogen and oxygen atoms in total. The molecule has 0 spiro atoms. The quantitative estimate of drug-likeness (QED) is 0.534. The molecule has 0 radical (unpaired) electrons. The summed E-state index contributed by atoms with van der Waals surface area (Å²) in [5, 5.41) is 13.1. The summed E-state index contributed by atoms with van der Waals surface area (Å²) in [4.78, 5) is 23.0. The molecule has 0 heterocycles. The number of non-ortho nitro benzene ring substituents is 1. The lowest BCUT2D eigenvalue weighted by molar-refractivity contribution is -0.384. The van der Waals surface area contributed by atoms with Gasteiger partial charge in [0, 0.05) is 17.8 Å². The van der Waals surface area contributed by atoms with Crippen molar-refractivity contribution in [3.63, 3.8) is 0 Å². The maximum absolute atomic E-state index is 13.5. The van der Waals surface area contributed by atoms with Gasteiger partial charge in [0.1, 0.15) is 11.9 Å². The third-order valence-electron chi connectivity index (χ3n) is 3.81. The van der Waals surface area contributed by atoms with Gasteiger partial charge in [-0.2, -0.15) is 0 Å². The van der Waals surface area contributed by atoms with Crippen LogP contribution in [0.4, 0.5) is 21.5 Å². The van der Waals surface area contributed by atoms with E-state index in [0.717, 1.165) is 28.8 Å². The molecule has 0 bridgehead atoms. The second-order valence-electron chi connectivity index (χ2n) is 5.88. The zero-order valence-corrected chi connectivity index (χ0v) is 16.5. The van der Waals surface area contributed by atoms with E-state index >= 15 is 0 Å². The Balaban J connectivity index is 2.40. The molecule has 11 heteroatoms. The minimum absolute atomic E-state index is 0.0231. The van der Waals surface area contributed by atoms with Crippen LogP contribution in [0.15, 0.2) is 42.5 Å². The lowest BCUT2D eigenvalue weighted by atomic mass is 10.1. The third kappa shape index (κ3) is 4.96. The normalized spacial score (nSPS) is 12.3. The molecule has 2 aromatic carbocycles. The molecule has 0 saturated carbocycles. The number of carbonyl (C=O) groups is 1. The Hall–Kier alpha value is -2.72. The van der Waals surface area contributed by atoms with Crippen LogP contribution >= 0.6 is 11.6 Å². The van der Waals surface area contributed by atoms with Crippen LogP contribution in [0.1, 0.15) is 13.3 Å². The molecule has 0 aromatic heterocycles. The zero-order chi connectivity index (χ0) is 21.1. The van der Waals surface area contributed by atoms with Crippen LogP contribution in [0.3, 0.4) is 0 Å². The number of benzene rings is 2. The van der Waals surface area contributed by atoms with Gasteiger partial charge in [-0.3, -0.25) is 19.2 Å². The first-order chi connectivity index (χ1) is 13.0. The molecule has 1 amide bonds. The zero-order valence-electron chi connectivity index (χ0n) is 14.9. The van der Waals surface area contributed by atoms with Gasteiger partial charge < -0.3 is 5.32 Å². The van der Waals surface area contributed by atoms with E-state index in [1.165, 1.54) is 24.3 Å². The lowest BCUT2D eigenvalue weighted by Crippen LogP contribution is -2.47. The second-order valence-corrected chi connectivity index (χ2v) is 8.14. The van der Waals surface area contributed by atoms with E-state index in [4.69, 9.17) is 11.6 Å². The van der Waals surface area contributed by atoms with Gasteiger partial charge in [-0.25, -0.2) is 12.8 Å². The van der Waals surface area contributed by atoms with E-state index in [1.807, 2.05) is 0 Å². The molecule has 0 aliphatic carbocycles. The van der Waals surface area contributed by atoms with E-state index in [0.29, 0.717) is 0 Å². The fourth-order valence-corrected chi connectivity index (χ4v) is 3.98. The number of sulfonamides is 1. The molecule has 0 aliphatic rings. The molecule has 28 heavy (non-hydrogen) atoms. The molecule has 2 aromatic rings. The molecule has 0 fully saturated rings. The summed E-state index contributed by atoms with van der Waals surface area (Å²) in [5.41, 5.74) is -0.0608. The minimum atomic E-state index is -3.93. The Morgan fingerprint density at radius 2 is 2.00 bits per heavy atom. The fourth-order valence-electron chi connectivity index (χ4n) is 2.61. The highest BCUT2D eigenvalue weighted by atomic mass is 35.5. The van der Waals surface area contributed by atoms with E-state index in [1.54, 1.807) is 6.92 Å². The van der Waals surface area contributed by atoms with E-state index in [-0.39, 0.29) is 28.5 Å².